The van der Waals surface area contributed by atoms with Gasteiger partial charge in [-0.05, 0) is 69.6 Å². The summed E-state index contributed by atoms with van der Waals surface area (Å²) in [6.45, 7) is 1.66. The molecule has 1 unspecified atom stereocenters. The summed E-state index contributed by atoms with van der Waals surface area (Å²) in [6, 6.07) is 3.62. The minimum absolute atomic E-state index is 0.439. The van der Waals surface area contributed by atoms with Crippen molar-refractivity contribution in [3.05, 3.63) is 47.0 Å². The fourth-order valence-electron chi connectivity index (χ4n) is 2.77. The smallest absolute Gasteiger partial charge is 0.159 e. The van der Waals surface area contributed by atoms with Crippen molar-refractivity contribution in [1.29, 1.82) is 0 Å². The van der Waals surface area contributed by atoms with E-state index in [0.717, 1.165) is 37.8 Å². The number of hydrogen-bond acceptors (Lipinski definition) is 1. The van der Waals surface area contributed by atoms with Gasteiger partial charge in [0.25, 0.3) is 0 Å². The summed E-state index contributed by atoms with van der Waals surface area (Å²) in [5, 5.41) is 10.4. The SMILES string of the molecule is CC(O)(CCCC1=CCCCC1)c1ccc(F)c(F)c1. The van der Waals surface area contributed by atoms with Gasteiger partial charge in [-0.25, -0.2) is 8.78 Å². The van der Waals surface area contributed by atoms with E-state index < -0.39 is 17.2 Å². The molecule has 0 spiro atoms. The van der Waals surface area contributed by atoms with E-state index >= 15 is 0 Å². The summed E-state index contributed by atoms with van der Waals surface area (Å²) in [5.41, 5.74) is 0.801. The van der Waals surface area contributed by atoms with Crippen LogP contribution in [0.5, 0.6) is 0 Å². The zero-order valence-electron chi connectivity index (χ0n) is 12.0. The van der Waals surface area contributed by atoms with E-state index in [-0.39, 0.29) is 0 Å². The summed E-state index contributed by atoms with van der Waals surface area (Å²) in [5.74, 6) is -1.78. The number of allylic oxidation sites excluding steroid dienone is 2. The van der Waals surface area contributed by atoms with Gasteiger partial charge in [0.05, 0.1) is 5.60 Å². The normalized spacial score (nSPS) is 18.5. The minimum Gasteiger partial charge on any atom is -0.385 e. The van der Waals surface area contributed by atoms with Crippen molar-refractivity contribution < 1.29 is 13.9 Å². The quantitative estimate of drug-likeness (QED) is 0.765. The molecule has 1 aromatic carbocycles. The summed E-state index contributed by atoms with van der Waals surface area (Å²) in [7, 11) is 0. The maximum absolute atomic E-state index is 13.2. The molecule has 0 aliphatic heterocycles. The van der Waals surface area contributed by atoms with Crippen molar-refractivity contribution in [2.75, 3.05) is 0 Å². The molecule has 1 aromatic rings. The lowest BCUT2D eigenvalue weighted by Crippen LogP contribution is -2.21. The molecular formula is C17H22F2O. The molecule has 1 N–H and O–H groups in total. The molecule has 0 saturated carbocycles. The fraction of sp³-hybridized carbons (Fsp3) is 0.529. The molecule has 0 fully saturated rings. The van der Waals surface area contributed by atoms with Gasteiger partial charge in [-0.15, -0.1) is 0 Å². The van der Waals surface area contributed by atoms with Crippen LogP contribution in [0.2, 0.25) is 0 Å². The molecule has 3 heteroatoms. The van der Waals surface area contributed by atoms with Gasteiger partial charge >= 0.3 is 0 Å². The first-order valence-corrected chi connectivity index (χ1v) is 7.35. The molecule has 1 aliphatic carbocycles. The van der Waals surface area contributed by atoms with E-state index in [2.05, 4.69) is 6.08 Å². The Balaban J connectivity index is 1.92. The van der Waals surface area contributed by atoms with Gasteiger partial charge in [0, 0.05) is 0 Å². The van der Waals surface area contributed by atoms with Crippen LogP contribution in [0.3, 0.4) is 0 Å². The van der Waals surface area contributed by atoms with Crippen molar-refractivity contribution >= 4 is 0 Å². The largest absolute Gasteiger partial charge is 0.385 e. The number of rotatable bonds is 5. The van der Waals surface area contributed by atoms with Crippen LogP contribution >= 0.6 is 0 Å². The van der Waals surface area contributed by atoms with Crippen LogP contribution in [0.4, 0.5) is 8.78 Å². The first-order valence-electron chi connectivity index (χ1n) is 7.35. The highest BCUT2D eigenvalue weighted by Crippen LogP contribution is 2.30. The minimum atomic E-state index is -1.11. The fourth-order valence-corrected chi connectivity index (χ4v) is 2.77. The molecule has 2 rings (SSSR count). The lowest BCUT2D eigenvalue weighted by Gasteiger charge is -2.24. The highest BCUT2D eigenvalue weighted by atomic mass is 19.2. The zero-order chi connectivity index (χ0) is 14.6. The average Bonchev–Trinajstić information content (AvgIpc) is 2.43. The number of halogens is 2. The Kier molecular flexibility index (Phi) is 4.92. The molecule has 20 heavy (non-hydrogen) atoms. The van der Waals surface area contributed by atoms with E-state index in [1.165, 1.54) is 24.5 Å². The Hall–Kier alpha value is -1.22. The van der Waals surface area contributed by atoms with Crippen molar-refractivity contribution in [3.63, 3.8) is 0 Å². The van der Waals surface area contributed by atoms with Gasteiger partial charge < -0.3 is 5.11 Å². The Labute approximate surface area is 119 Å². The molecule has 0 radical (unpaired) electrons. The van der Waals surface area contributed by atoms with Crippen LogP contribution in [0.25, 0.3) is 0 Å². The first-order chi connectivity index (χ1) is 9.49. The topological polar surface area (TPSA) is 20.2 Å². The summed E-state index contributed by atoms with van der Waals surface area (Å²) < 4.78 is 26.1. The molecule has 0 saturated heterocycles. The standard InChI is InChI=1S/C17H22F2O/c1-17(20,14-9-10-15(18)16(19)12-14)11-5-8-13-6-3-2-4-7-13/h6,9-10,12,20H,2-5,7-8,11H2,1H3. The predicted molar refractivity (Wildman–Crippen MR) is 76.3 cm³/mol. The number of hydrogen-bond donors (Lipinski definition) is 1. The maximum Gasteiger partial charge on any atom is 0.159 e. The first kappa shape index (κ1) is 15.2. The van der Waals surface area contributed by atoms with E-state index in [1.54, 1.807) is 6.92 Å². The Bertz CT molecular complexity index is 492. The molecule has 1 aliphatic rings. The number of aliphatic hydroxyl groups is 1. The van der Waals surface area contributed by atoms with Crippen molar-refractivity contribution in [3.8, 4) is 0 Å². The van der Waals surface area contributed by atoms with Crippen molar-refractivity contribution in [1.82, 2.24) is 0 Å². The third-order valence-electron chi connectivity index (χ3n) is 4.09. The van der Waals surface area contributed by atoms with Crippen molar-refractivity contribution in [2.24, 2.45) is 0 Å². The van der Waals surface area contributed by atoms with Crippen LogP contribution in [-0.2, 0) is 5.60 Å². The van der Waals surface area contributed by atoms with Gasteiger partial charge in [0.2, 0.25) is 0 Å². The monoisotopic (exact) mass is 280 g/mol. The molecule has 0 amide bonds. The van der Waals surface area contributed by atoms with E-state index in [0.29, 0.717) is 12.0 Å². The Morgan fingerprint density at radius 1 is 1.20 bits per heavy atom. The summed E-state index contributed by atoms with van der Waals surface area (Å²) in [4.78, 5) is 0. The zero-order valence-corrected chi connectivity index (χ0v) is 12.0. The molecular weight excluding hydrogens is 258 g/mol. The average molecular weight is 280 g/mol. The van der Waals surface area contributed by atoms with Gasteiger partial charge in [-0.1, -0.05) is 17.7 Å². The van der Waals surface area contributed by atoms with E-state index in [4.69, 9.17) is 0 Å². The second-order valence-electron chi connectivity index (χ2n) is 5.86. The summed E-state index contributed by atoms with van der Waals surface area (Å²) in [6.07, 6.45) is 9.55. The van der Waals surface area contributed by atoms with Crippen LogP contribution in [-0.4, -0.2) is 5.11 Å². The second kappa shape index (κ2) is 6.49. The highest BCUT2D eigenvalue weighted by molar-refractivity contribution is 5.23. The van der Waals surface area contributed by atoms with E-state index in [1.807, 2.05) is 0 Å². The molecule has 0 heterocycles. The molecule has 1 atom stereocenters. The van der Waals surface area contributed by atoms with Crippen LogP contribution in [0.15, 0.2) is 29.8 Å². The molecule has 1 nitrogen and oxygen atoms in total. The number of benzene rings is 1. The molecule has 0 bridgehead atoms. The maximum atomic E-state index is 13.2. The van der Waals surface area contributed by atoms with Gasteiger partial charge in [-0.2, -0.15) is 0 Å². The van der Waals surface area contributed by atoms with Crippen LogP contribution < -0.4 is 0 Å². The third kappa shape index (κ3) is 3.89. The van der Waals surface area contributed by atoms with Crippen LogP contribution in [0, 0.1) is 11.6 Å². The van der Waals surface area contributed by atoms with Gasteiger partial charge in [-0.3, -0.25) is 0 Å². The lowest BCUT2D eigenvalue weighted by atomic mass is 9.88. The Morgan fingerprint density at radius 3 is 2.65 bits per heavy atom. The molecule has 0 aromatic heterocycles. The third-order valence-corrected chi connectivity index (χ3v) is 4.09. The molecule has 110 valence electrons. The van der Waals surface area contributed by atoms with Gasteiger partial charge in [0.1, 0.15) is 0 Å². The summed E-state index contributed by atoms with van der Waals surface area (Å²) >= 11 is 0. The van der Waals surface area contributed by atoms with Gasteiger partial charge in [0.15, 0.2) is 11.6 Å². The van der Waals surface area contributed by atoms with E-state index in [9.17, 15) is 13.9 Å². The lowest BCUT2D eigenvalue weighted by molar-refractivity contribution is 0.0452. The highest BCUT2D eigenvalue weighted by Gasteiger charge is 2.24. The van der Waals surface area contributed by atoms with Crippen molar-refractivity contribution in [2.45, 2.75) is 57.5 Å². The Morgan fingerprint density at radius 2 is 2.00 bits per heavy atom. The predicted octanol–water partition coefficient (Wildman–Crippen LogP) is 4.84. The van der Waals surface area contributed by atoms with Crippen LogP contribution in [0.1, 0.15) is 57.4 Å². The second-order valence-corrected chi connectivity index (χ2v) is 5.86.